The molecule has 134 valence electrons. The number of para-hydroxylation sites is 1. The highest BCUT2D eigenvalue weighted by Crippen LogP contribution is 2.33. The number of aryl methyl sites for hydroxylation is 2. The maximum Gasteiger partial charge on any atom is 0.258 e. The van der Waals surface area contributed by atoms with Gasteiger partial charge in [0.15, 0.2) is 6.61 Å². The number of furan rings is 1. The van der Waals surface area contributed by atoms with Crippen LogP contribution in [0.4, 0.5) is 0 Å². The lowest BCUT2D eigenvalue weighted by molar-refractivity contribution is -0.123. The zero-order chi connectivity index (χ0) is 17.9. The maximum absolute atomic E-state index is 12.0. The fraction of sp³-hybridized carbons (Fsp3) is 0.286. The van der Waals surface area contributed by atoms with Crippen molar-refractivity contribution in [2.24, 2.45) is 0 Å². The second kappa shape index (κ2) is 7.12. The summed E-state index contributed by atoms with van der Waals surface area (Å²) in [6, 6.07) is 12.6. The minimum absolute atomic E-state index is 0.0703. The van der Waals surface area contributed by atoms with E-state index in [0.29, 0.717) is 11.3 Å². The van der Waals surface area contributed by atoms with Gasteiger partial charge in [0.05, 0.1) is 0 Å². The topological polar surface area (TPSA) is 71.7 Å². The zero-order valence-corrected chi connectivity index (χ0v) is 14.5. The zero-order valence-electron chi connectivity index (χ0n) is 14.5. The van der Waals surface area contributed by atoms with Crippen LogP contribution >= 0.6 is 0 Å². The van der Waals surface area contributed by atoms with Gasteiger partial charge in [0.2, 0.25) is 0 Å². The van der Waals surface area contributed by atoms with E-state index in [1.807, 2.05) is 24.3 Å². The van der Waals surface area contributed by atoms with Crippen LogP contribution < -0.4 is 10.1 Å². The number of hydrogen-bond donors (Lipinski definition) is 2. The molecule has 5 heteroatoms. The third-order valence-corrected chi connectivity index (χ3v) is 4.76. The molecule has 3 aromatic rings. The quantitative estimate of drug-likeness (QED) is 0.735. The molecule has 1 amide bonds. The number of phenolic OH excluding ortho intramolecular Hbond substituents is 1. The number of carbonyl (C=O) groups excluding carboxylic acids is 1. The summed E-state index contributed by atoms with van der Waals surface area (Å²) < 4.78 is 11.6. The highest BCUT2D eigenvalue weighted by molar-refractivity contribution is 5.84. The predicted octanol–water partition coefficient (Wildman–Crippen LogP) is 3.71. The number of nitrogens with one attached hydrogen (secondary N) is 1. The molecule has 0 radical (unpaired) electrons. The van der Waals surface area contributed by atoms with Crippen molar-refractivity contribution in [3.63, 3.8) is 0 Å². The number of ether oxygens (including phenoxy) is 1. The van der Waals surface area contributed by atoms with Crippen LogP contribution in [0.25, 0.3) is 11.0 Å². The van der Waals surface area contributed by atoms with Gasteiger partial charge in [0.25, 0.3) is 5.91 Å². The van der Waals surface area contributed by atoms with Crippen LogP contribution in [0.5, 0.6) is 11.5 Å². The Morgan fingerprint density at radius 3 is 2.88 bits per heavy atom. The normalized spacial score (nSPS) is 13.4. The number of rotatable bonds is 5. The number of amides is 1. The summed E-state index contributed by atoms with van der Waals surface area (Å²) in [6.07, 6.45) is 4.39. The van der Waals surface area contributed by atoms with E-state index in [2.05, 4.69) is 5.32 Å². The summed E-state index contributed by atoms with van der Waals surface area (Å²) in [5.74, 6) is 1.68. The third-order valence-electron chi connectivity index (χ3n) is 4.76. The lowest BCUT2D eigenvalue weighted by Crippen LogP contribution is -2.28. The van der Waals surface area contributed by atoms with Crippen LogP contribution in [0.15, 0.2) is 46.9 Å². The van der Waals surface area contributed by atoms with Gasteiger partial charge >= 0.3 is 0 Å². The van der Waals surface area contributed by atoms with Crippen LogP contribution in [0.2, 0.25) is 0 Å². The Labute approximate surface area is 151 Å². The summed E-state index contributed by atoms with van der Waals surface area (Å²) in [5, 5.41) is 13.6. The van der Waals surface area contributed by atoms with Gasteiger partial charge in [-0.05, 0) is 43.5 Å². The summed E-state index contributed by atoms with van der Waals surface area (Å²) >= 11 is 0. The van der Waals surface area contributed by atoms with E-state index in [0.717, 1.165) is 29.6 Å². The molecule has 0 fully saturated rings. The number of phenols is 1. The summed E-state index contributed by atoms with van der Waals surface area (Å²) in [5.41, 5.74) is 2.83. The Morgan fingerprint density at radius 2 is 2.00 bits per heavy atom. The molecule has 0 unspecified atom stereocenters. The standard InChI is InChI=1S/C21H21NO4/c23-18-7-3-1-5-14(18)12-22-21(24)13-25-15-9-10-20-17(11-15)16-6-2-4-8-19(16)26-20/h1,3,5,7,9-11,23H,2,4,6,8,12-13H2,(H,22,24). The van der Waals surface area contributed by atoms with Crippen LogP contribution in [-0.2, 0) is 24.2 Å². The Balaban J connectivity index is 1.38. The summed E-state index contributed by atoms with van der Waals surface area (Å²) in [6.45, 7) is 0.197. The first-order valence-electron chi connectivity index (χ1n) is 8.91. The highest BCUT2D eigenvalue weighted by atomic mass is 16.5. The molecule has 1 aliphatic carbocycles. The van der Waals surface area contributed by atoms with Gasteiger partial charge in [0, 0.05) is 29.5 Å². The lowest BCUT2D eigenvalue weighted by Gasteiger charge is -2.10. The Kier molecular flexibility index (Phi) is 4.52. The smallest absolute Gasteiger partial charge is 0.258 e. The Bertz CT molecular complexity index is 944. The van der Waals surface area contributed by atoms with Crippen molar-refractivity contribution in [2.45, 2.75) is 32.2 Å². The first-order valence-corrected chi connectivity index (χ1v) is 8.91. The van der Waals surface area contributed by atoms with Crippen molar-refractivity contribution in [1.82, 2.24) is 5.32 Å². The molecule has 2 aromatic carbocycles. The van der Waals surface area contributed by atoms with Crippen LogP contribution in [0.1, 0.15) is 29.7 Å². The predicted molar refractivity (Wildman–Crippen MR) is 98.3 cm³/mol. The first kappa shape index (κ1) is 16.5. The van der Waals surface area contributed by atoms with E-state index in [-0.39, 0.29) is 24.8 Å². The average Bonchev–Trinajstić information content (AvgIpc) is 3.04. The monoisotopic (exact) mass is 351 g/mol. The SMILES string of the molecule is O=C(COc1ccc2oc3c(c2c1)CCCC3)NCc1ccccc1O. The average molecular weight is 351 g/mol. The molecule has 0 atom stereocenters. The molecule has 5 nitrogen and oxygen atoms in total. The minimum atomic E-state index is -0.234. The highest BCUT2D eigenvalue weighted by Gasteiger charge is 2.18. The Hall–Kier alpha value is -2.95. The summed E-state index contributed by atoms with van der Waals surface area (Å²) in [7, 11) is 0. The van der Waals surface area contributed by atoms with Crippen LogP contribution in [-0.4, -0.2) is 17.6 Å². The molecule has 2 N–H and O–H groups in total. The Morgan fingerprint density at radius 1 is 1.15 bits per heavy atom. The van der Waals surface area contributed by atoms with E-state index in [1.54, 1.807) is 18.2 Å². The van der Waals surface area contributed by atoms with E-state index in [9.17, 15) is 9.90 Å². The van der Waals surface area contributed by atoms with Crippen LogP contribution in [0.3, 0.4) is 0 Å². The van der Waals surface area contributed by atoms with Gasteiger partial charge < -0.3 is 19.6 Å². The van der Waals surface area contributed by atoms with Crippen molar-refractivity contribution >= 4 is 16.9 Å². The molecule has 0 saturated heterocycles. The number of aromatic hydroxyl groups is 1. The van der Waals surface area contributed by atoms with Crippen molar-refractivity contribution in [3.05, 3.63) is 59.4 Å². The molecule has 0 spiro atoms. The van der Waals surface area contributed by atoms with Crippen molar-refractivity contribution < 1.29 is 19.1 Å². The molecular formula is C21H21NO4. The number of fused-ring (bicyclic) bond motifs is 3. The van der Waals surface area contributed by atoms with Crippen LogP contribution in [0, 0.1) is 0 Å². The minimum Gasteiger partial charge on any atom is -0.508 e. The molecule has 1 aromatic heterocycles. The van der Waals surface area contributed by atoms with Crippen molar-refractivity contribution in [3.8, 4) is 11.5 Å². The third kappa shape index (κ3) is 3.38. The fourth-order valence-electron chi connectivity index (χ4n) is 3.39. The molecule has 1 heterocycles. The van der Waals surface area contributed by atoms with E-state index in [1.165, 1.54) is 18.4 Å². The molecule has 0 aliphatic heterocycles. The molecule has 1 aliphatic rings. The van der Waals surface area contributed by atoms with E-state index < -0.39 is 0 Å². The molecule has 4 rings (SSSR count). The van der Waals surface area contributed by atoms with E-state index >= 15 is 0 Å². The van der Waals surface area contributed by atoms with Gasteiger partial charge in [0.1, 0.15) is 22.8 Å². The van der Waals surface area contributed by atoms with Gasteiger partial charge in [-0.2, -0.15) is 0 Å². The van der Waals surface area contributed by atoms with Gasteiger partial charge in [-0.15, -0.1) is 0 Å². The second-order valence-corrected chi connectivity index (χ2v) is 6.56. The molecule has 0 saturated carbocycles. The maximum atomic E-state index is 12.0. The molecule has 26 heavy (non-hydrogen) atoms. The fourth-order valence-corrected chi connectivity index (χ4v) is 3.39. The van der Waals surface area contributed by atoms with Crippen molar-refractivity contribution in [1.29, 1.82) is 0 Å². The van der Waals surface area contributed by atoms with Gasteiger partial charge in [-0.25, -0.2) is 0 Å². The molecular weight excluding hydrogens is 330 g/mol. The second-order valence-electron chi connectivity index (χ2n) is 6.56. The van der Waals surface area contributed by atoms with Gasteiger partial charge in [-0.3, -0.25) is 4.79 Å². The van der Waals surface area contributed by atoms with E-state index in [4.69, 9.17) is 9.15 Å². The lowest BCUT2D eigenvalue weighted by atomic mass is 9.96. The van der Waals surface area contributed by atoms with Crippen molar-refractivity contribution in [2.75, 3.05) is 6.61 Å². The van der Waals surface area contributed by atoms with Gasteiger partial charge in [-0.1, -0.05) is 18.2 Å². The first-order chi connectivity index (χ1) is 12.7. The largest absolute Gasteiger partial charge is 0.508 e. The molecule has 0 bridgehead atoms. The number of carbonyl (C=O) groups is 1. The summed E-state index contributed by atoms with van der Waals surface area (Å²) in [4.78, 5) is 12.0. The number of benzene rings is 2. The number of hydrogen-bond acceptors (Lipinski definition) is 4.